The molecule has 0 unspecified atom stereocenters. The van der Waals surface area contributed by atoms with Crippen LogP contribution in [0.25, 0.3) is 0 Å². The number of hydrogen-bond donors (Lipinski definition) is 2. The van der Waals surface area contributed by atoms with E-state index in [9.17, 15) is 14.7 Å². The molecule has 0 aromatic heterocycles. The number of benzene rings is 1. The lowest BCUT2D eigenvalue weighted by Crippen LogP contribution is -2.15. The second kappa shape index (κ2) is 4.37. The van der Waals surface area contributed by atoms with E-state index in [-0.39, 0.29) is 10.6 Å². The third-order valence-corrected chi connectivity index (χ3v) is 3.40. The highest BCUT2D eigenvalue weighted by Gasteiger charge is 2.25. The van der Waals surface area contributed by atoms with E-state index in [1.807, 2.05) is 0 Å². The number of hydrogen-bond acceptors (Lipinski definition) is 3. The van der Waals surface area contributed by atoms with Gasteiger partial charge in [0.15, 0.2) is 0 Å². The molecule has 5 heteroatoms. The summed E-state index contributed by atoms with van der Waals surface area (Å²) >= 11 is 5.97. The Kier molecular flexibility index (Phi) is 3.07. The van der Waals surface area contributed by atoms with E-state index >= 15 is 0 Å². The van der Waals surface area contributed by atoms with E-state index in [1.54, 1.807) is 0 Å². The first-order valence-corrected chi connectivity index (χ1v) is 5.71. The number of aromatic hydroxyl groups is 1. The molecule has 0 heterocycles. The maximum atomic E-state index is 11.4. The summed E-state index contributed by atoms with van der Waals surface area (Å²) in [6, 6.07) is 1.45. The average Bonchev–Trinajstić information content (AvgIpc) is 2.33. The lowest BCUT2D eigenvalue weighted by Gasteiger charge is -2.19. The Labute approximate surface area is 103 Å². The van der Waals surface area contributed by atoms with Crippen molar-refractivity contribution in [3.05, 3.63) is 27.8 Å². The van der Waals surface area contributed by atoms with E-state index < -0.39 is 17.5 Å². The van der Waals surface area contributed by atoms with Gasteiger partial charge in [-0.1, -0.05) is 11.6 Å². The minimum atomic E-state index is -1.59. The highest BCUT2D eigenvalue weighted by atomic mass is 35.5. The molecule has 0 spiro atoms. The van der Waals surface area contributed by atoms with Gasteiger partial charge < -0.3 is 10.2 Å². The first-order valence-electron chi connectivity index (χ1n) is 5.33. The zero-order chi connectivity index (χ0) is 12.6. The molecule has 1 aliphatic carbocycles. The van der Waals surface area contributed by atoms with Gasteiger partial charge in [-0.25, -0.2) is 4.79 Å². The number of halogens is 1. The van der Waals surface area contributed by atoms with Crippen molar-refractivity contribution in [3.8, 4) is 5.75 Å². The van der Waals surface area contributed by atoms with Crippen molar-refractivity contribution < 1.29 is 19.8 Å². The number of phenols is 1. The summed E-state index contributed by atoms with van der Waals surface area (Å²) in [5.41, 5.74) is 1.48. The smallest absolute Gasteiger partial charge is 0.377 e. The molecule has 0 aliphatic heterocycles. The van der Waals surface area contributed by atoms with Crippen LogP contribution in [0.15, 0.2) is 6.07 Å². The van der Waals surface area contributed by atoms with Crippen LogP contribution in [0.4, 0.5) is 0 Å². The molecule has 0 amide bonds. The number of carboxylic acid groups (broad SMARTS) is 1. The standard InChI is InChI=1S/C12H11ClO4/c13-9-7-4-2-1-3-6(7)5-8(10(9)14)11(15)12(16)17/h5,14H,1-4H2,(H,16,17). The highest BCUT2D eigenvalue weighted by molar-refractivity contribution is 6.42. The predicted octanol–water partition coefficient (Wildman–Crippen LogP) is 2.19. The first kappa shape index (κ1) is 11.9. The SMILES string of the molecule is O=C(O)C(=O)c1cc2c(c(Cl)c1O)CCCC2. The third kappa shape index (κ3) is 2.00. The van der Waals surface area contributed by atoms with Gasteiger partial charge in [0, 0.05) is 0 Å². The summed E-state index contributed by atoms with van der Waals surface area (Å²) in [4.78, 5) is 22.0. The number of rotatable bonds is 2. The lowest BCUT2D eigenvalue weighted by atomic mass is 9.89. The van der Waals surface area contributed by atoms with Gasteiger partial charge in [0.2, 0.25) is 0 Å². The predicted molar refractivity (Wildman–Crippen MR) is 61.7 cm³/mol. The van der Waals surface area contributed by atoms with E-state index in [0.29, 0.717) is 0 Å². The molecule has 90 valence electrons. The van der Waals surface area contributed by atoms with Gasteiger partial charge in [0.25, 0.3) is 5.78 Å². The third-order valence-electron chi connectivity index (χ3n) is 3.00. The van der Waals surface area contributed by atoms with Crippen LogP contribution in [0.1, 0.15) is 34.3 Å². The summed E-state index contributed by atoms with van der Waals surface area (Å²) in [6.07, 6.45) is 3.48. The summed E-state index contributed by atoms with van der Waals surface area (Å²) in [6.45, 7) is 0. The molecule has 0 saturated carbocycles. The fraction of sp³-hybridized carbons (Fsp3) is 0.333. The fourth-order valence-electron chi connectivity index (χ4n) is 2.13. The van der Waals surface area contributed by atoms with Crippen LogP contribution < -0.4 is 0 Å². The second-order valence-corrected chi connectivity index (χ2v) is 4.44. The quantitative estimate of drug-likeness (QED) is 0.627. The number of carbonyl (C=O) groups is 2. The van der Waals surface area contributed by atoms with Crippen molar-refractivity contribution in [2.45, 2.75) is 25.7 Å². The molecule has 0 fully saturated rings. The summed E-state index contributed by atoms with van der Waals surface area (Å²) in [7, 11) is 0. The minimum absolute atomic E-state index is 0.117. The first-order chi connectivity index (χ1) is 8.02. The molecule has 0 saturated heterocycles. The zero-order valence-corrected chi connectivity index (χ0v) is 9.75. The molecule has 0 atom stereocenters. The molecular formula is C12H11ClO4. The van der Waals surface area contributed by atoms with E-state index in [1.165, 1.54) is 6.07 Å². The van der Waals surface area contributed by atoms with Crippen LogP contribution in [0.3, 0.4) is 0 Å². The van der Waals surface area contributed by atoms with Gasteiger partial charge in [0.05, 0.1) is 10.6 Å². The molecule has 0 radical (unpaired) electrons. The number of phenolic OH excluding ortho intramolecular Hbond substituents is 1. The Bertz CT molecular complexity index is 508. The number of carbonyl (C=O) groups excluding carboxylic acids is 1. The monoisotopic (exact) mass is 254 g/mol. The van der Waals surface area contributed by atoms with Crippen molar-refractivity contribution in [1.82, 2.24) is 0 Å². The maximum Gasteiger partial charge on any atom is 0.377 e. The molecule has 1 aliphatic rings. The Morgan fingerprint density at radius 3 is 2.53 bits per heavy atom. The highest BCUT2D eigenvalue weighted by Crippen LogP contribution is 2.37. The Morgan fingerprint density at radius 1 is 1.24 bits per heavy atom. The second-order valence-electron chi connectivity index (χ2n) is 4.07. The van der Waals surface area contributed by atoms with Gasteiger partial charge in [-0.05, 0) is 42.9 Å². The minimum Gasteiger partial charge on any atom is -0.506 e. The average molecular weight is 255 g/mol. The van der Waals surface area contributed by atoms with Crippen molar-refractivity contribution in [3.63, 3.8) is 0 Å². The van der Waals surface area contributed by atoms with E-state index in [4.69, 9.17) is 16.7 Å². The number of fused-ring (bicyclic) bond motifs is 1. The molecular weight excluding hydrogens is 244 g/mol. The van der Waals surface area contributed by atoms with Crippen LogP contribution in [-0.2, 0) is 17.6 Å². The summed E-state index contributed by atoms with van der Waals surface area (Å²) in [5.74, 6) is -3.13. The molecule has 1 aromatic rings. The molecule has 0 bridgehead atoms. The van der Waals surface area contributed by atoms with Crippen LogP contribution in [0.2, 0.25) is 5.02 Å². The molecule has 2 N–H and O–H groups in total. The van der Waals surface area contributed by atoms with Crippen molar-refractivity contribution in [2.24, 2.45) is 0 Å². The Hall–Kier alpha value is -1.55. The zero-order valence-electron chi connectivity index (χ0n) is 8.99. The molecule has 2 rings (SSSR count). The van der Waals surface area contributed by atoms with Gasteiger partial charge >= 0.3 is 5.97 Å². The summed E-state index contributed by atoms with van der Waals surface area (Å²) in [5, 5.41) is 18.5. The number of aliphatic carboxylic acids is 1. The Balaban J connectivity index is 2.59. The van der Waals surface area contributed by atoms with E-state index in [0.717, 1.165) is 36.8 Å². The van der Waals surface area contributed by atoms with Crippen molar-refractivity contribution in [2.75, 3.05) is 0 Å². The van der Waals surface area contributed by atoms with Crippen LogP contribution >= 0.6 is 11.6 Å². The largest absolute Gasteiger partial charge is 0.506 e. The van der Waals surface area contributed by atoms with Gasteiger partial charge in [0.1, 0.15) is 5.75 Å². The van der Waals surface area contributed by atoms with Crippen LogP contribution in [-0.4, -0.2) is 22.0 Å². The Morgan fingerprint density at radius 2 is 1.88 bits per heavy atom. The van der Waals surface area contributed by atoms with Crippen LogP contribution in [0, 0.1) is 0 Å². The van der Waals surface area contributed by atoms with Gasteiger partial charge in [-0.15, -0.1) is 0 Å². The normalized spacial score (nSPS) is 14.2. The van der Waals surface area contributed by atoms with Crippen LogP contribution in [0.5, 0.6) is 5.75 Å². The van der Waals surface area contributed by atoms with E-state index in [2.05, 4.69) is 0 Å². The number of ketones is 1. The fourth-order valence-corrected chi connectivity index (χ4v) is 2.45. The maximum absolute atomic E-state index is 11.4. The number of aryl methyl sites for hydroxylation is 1. The lowest BCUT2D eigenvalue weighted by molar-refractivity contribution is -0.131. The molecule has 4 nitrogen and oxygen atoms in total. The topological polar surface area (TPSA) is 74.6 Å². The number of Topliss-reactive ketones (excluding diaryl/α,β-unsaturated/α-hetero) is 1. The molecule has 17 heavy (non-hydrogen) atoms. The van der Waals surface area contributed by atoms with Gasteiger partial charge in [-0.2, -0.15) is 0 Å². The number of carboxylic acids is 1. The summed E-state index contributed by atoms with van der Waals surface area (Å²) < 4.78 is 0. The molecule has 1 aromatic carbocycles. The van der Waals surface area contributed by atoms with Crippen molar-refractivity contribution >= 4 is 23.4 Å². The van der Waals surface area contributed by atoms with Crippen molar-refractivity contribution in [1.29, 1.82) is 0 Å². The van der Waals surface area contributed by atoms with Gasteiger partial charge in [-0.3, -0.25) is 4.79 Å².